The van der Waals surface area contributed by atoms with E-state index in [9.17, 15) is 27.9 Å². The van der Waals surface area contributed by atoms with Gasteiger partial charge in [-0.2, -0.15) is 13.2 Å². The molecule has 1 aliphatic rings. The normalized spacial score (nSPS) is 16.0. The molecular weight excluding hydrogens is 579 g/mol. The molecular formula is C26H27ClF3N9O3. The number of rotatable bonds is 7. The Kier molecular flexibility index (Phi) is 7.92. The lowest BCUT2D eigenvalue weighted by molar-refractivity contribution is -0.207. The summed E-state index contributed by atoms with van der Waals surface area (Å²) in [5.41, 5.74) is -0.505. The van der Waals surface area contributed by atoms with E-state index in [4.69, 9.17) is 11.6 Å². The Labute approximate surface area is 242 Å². The summed E-state index contributed by atoms with van der Waals surface area (Å²) < 4.78 is 42.5. The van der Waals surface area contributed by atoms with Crippen LogP contribution in [0.2, 0.25) is 5.02 Å². The SMILES string of the molecule is CC1(C)CNCCN1C(=O)c1ncccc1-n1cnc(Cn2nc(-c3ccc(Cl)cc3)n(CC(O)C(F)(F)F)c2=O)n1. The van der Waals surface area contributed by atoms with Gasteiger partial charge in [0.15, 0.2) is 23.4 Å². The van der Waals surface area contributed by atoms with E-state index in [1.54, 1.807) is 17.0 Å². The zero-order valence-electron chi connectivity index (χ0n) is 22.6. The highest BCUT2D eigenvalue weighted by atomic mass is 35.5. The fourth-order valence-corrected chi connectivity index (χ4v) is 4.78. The van der Waals surface area contributed by atoms with Gasteiger partial charge in [-0.3, -0.25) is 9.36 Å². The monoisotopic (exact) mass is 605 g/mol. The van der Waals surface area contributed by atoms with Crippen molar-refractivity contribution in [2.45, 2.75) is 44.8 Å². The van der Waals surface area contributed by atoms with E-state index < -0.39 is 30.1 Å². The van der Waals surface area contributed by atoms with E-state index in [1.165, 1.54) is 41.5 Å². The van der Waals surface area contributed by atoms with Crippen LogP contribution in [-0.4, -0.2) is 87.5 Å². The van der Waals surface area contributed by atoms with Crippen LogP contribution in [0.3, 0.4) is 0 Å². The van der Waals surface area contributed by atoms with E-state index in [0.717, 1.165) is 9.25 Å². The topological polar surface area (TPSA) is 136 Å². The summed E-state index contributed by atoms with van der Waals surface area (Å²) in [6, 6.07) is 9.31. The minimum Gasteiger partial charge on any atom is -0.382 e. The molecule has 5 rings (SSSR count). The standard InChI is InChI=1S/C26H27ClF3N9O3/c1-25(2)14-31-10-11-37(25)23(41)21-18(4-3-9-32-21)39-15-33-20(34-39)13-38-24(42)36(12-19(40)26(28,29)30)22(35-38)16-5-7-17(27)8-6-16/h3-9,15,19,31,40H,10-14H2,1-2H3. The average molecular weight is 606 g/mol. The van der Waals surface area contributed by atoms with E-state index in [-0.39, 0.29) is 29.8 Å². The molecule has 1 aromatic carbocycles. The van der Waals surface area contributed by atoms with Gasteiger partial charge in [0.1, 0.15) is 12.9 Å². The molecule has 1 fully saturated rings. The number of nitrogens with one attached hydrogen (secondary N) is 1. The van der Waals surface area contributed by atoms with Gasteiger partial charge in [0.25, 0.3) is 5.91 Å². The number of hydrogen-bond acceptors (Lipinski definition) is 8. The van der Waals surface area contributed by atoms with Gasteiger partial charge in [-0.15, -0.1) is 10.2 Å². The van der Waals surface area contributed by atoms with Crippen molar-refractivity contribution in [2.24, 2.45) is 0 Å². The molecule has 1 amide bonds. The first kappa shape index (κ1) is 29.4. The van der Waals surface area contributed by atoms with Crippen molar-refractivity contribution in [2.75, 3.05) is 19.6 Å². The number of carbonyl (C=O) groups excluding carboxylic acids is 1. The molecule has 0 spiro atoms. The number of alkyl halides is 3. The van der Waals surface area contributed by atoms with Gasteiger partial charge in [-0.1, -0.05) is 11.6 Å². The van der Waals surface area contributed by atoms with Gasteiger partial charge >= 0.3 is 11.9 Å². The van der Waals surface area contributed by atoms with Crippen LogP contribution in [0.1, 0.15) is 30.2 Å². The van der Waals surface area contributed by atoms with E-state index in [1.807, 2.05) is 13.8 Å². The molecule has 3 aromatic heterocycles. The number of benzene rings is 1. The van der Waals surface area contributed by atoms with Gasteiger partial charge in [0.05, 0.1) is 17.8 Å². The minimum atomic E-state index is -4.95. The van der Waals surface area contributed by atoms with Gasteiger partial charge in [-0.05, 0) is 50.2 Å². The second kappa shape index (κ2) is 11.3. The summed E-state index contributed by atoms with van der Waals surface area (Å²) in [6.45, 7) is 4.31. The third kappa shape index (κ3) is 5.93. The molecule has 42 heavy (non-hydrogen) atoms. The van der Waals surface area contributed by atoms with Crippen LogP contribution in [0.4, 0.5) is 13.2 Å². The van der Waals surface area contributed by atoms with E-state index >= 15 is 0 Å². The third-order valence-electron chi connectivity index (χ3n) is 6.87. The summed E-state index contributed by atoms with van der Waals surface area (Å²) >= 11 is 5.94. The maximum absolute atomic E-state index is 13.5. The van der Waals surface area contributed by atoms with Crippen molar-refractivity contribution >= 4 is 17.5 Å². The number of amides is 1. The third-order valence-corrected chi connectivity index (χ3v) is 7.12. The first-order chi connectivity index (χ1) is 19.8. The van der Waals surface area contributed by atoms with Crippen molar-refractivity contribution in [1.82, 2.24) is 44.3 Å². The van der Waals surface area contributed by atoms with Crippen LogP contribution in [0, 0.1) is 0 Å². The first-order valence-corrected chi connectivity index (χ1v) is 13.3. The molecule has 16 heteroatoms. The second-order valence-corrected chi connectivity index (χ2v) is 10.8. The lowest BCUT2D eigenvalue weighted by Gasteiger charge is -2.42. The number of aliphatic hydroxyl groups excluding tert-OH is 1. The molecule has 1 unspecified atom stereocenters. The number of pyridine rings is 1. The highest BCUT2D eigenvalue weighted by Crippen LogP contribution is 2.25. The van der Waals surface area contributed by atoms with Crippen molar-refractivity contribution in [3.63, 3.8) is 0 Å². The number of carbonyl (C=O) groups is 1. The zero-order chi connectivity index (χ0) is 30.2. The summed E-state index contributed by atoms with van der Waals surface area (Å²) in [5, 5.41) is 22.0. The Morgan fingerprint density at radius 3 is 2.60 bits per heavy atom. The Morgan fingerprint density at radius 1 is 1.17 bits per heavy atom. The fourth-order valence-electron chi connectivity index (χ4n) is 4.65. The second-order valence-electron chi connectivity index (χ2n) is 10.4. The number of nitrogens with zero attached hydrogens (tertiary/aromatic N) is 8. The van der Waals surface area contributed by atoms with Gasteiger partial charge in [0.2, 0.25) is 0 Å². The Balaban J connectivity index is 1.46. The lowest BCUT2D eigenvalue weighted by Crippen LogP contribution is -2.60. The predicted molar refractivity (Wildman–Crippen MR) is 145 cm³/mol. The molecule has 4 aromatic rings. The molecule has 0 radical (unpaired) electrons. The van der Waals surface area contributed by atoms with Crippen LogP contribution in [0.15, 0.2) is 53.7 Å². The van der Waals surface area contributed by atoms with Crippen LogP contribution >= 0.6 is 11.6 Å². The Bertz CT molecular complexity index is 1650. The largest absolute Gasteiger partial charge is 0.416 e. The quantitative estimate of drug-likeness (QED) is 0.327. The number of aromatic nitrogens is 7. The Hall–Kier alpha value is -4.08. The molecule has 1 saturated heterocycles. The summed E-state index contributed by atoms with van der Waals surface area (Å²) in [7, 11) is 0. The molecule has 1 aliphatic heterocycles. The minimum absolute atomic E-state index is 0.0989. The highest BCUT2D eigenvalue weighted by Gasteiger charge is 2.39. The molecule has 1 atom stereocenters. The van der Waals surface area contributed by atoms with E-state index in [0.29, 0.717) is 35.9 Å². The van der Waals surface area contributed by atoms with Gasteiger partial charge in [0, 0.05) is 36.4 Å². The van der Waals surface area contributed by atoms with Gasteiger partial charge in [-0.25, -0.2) is 24.1 Å². The lowest BCUT2D eigenvalue weighted by atomic mass is 9.99. The number of hydrogen-bond donors (Lipinski definition) is 2. The van der Waals surface area contributed by atoms with Crippen molar-refractivity contribution in [3.05, 3.63) is 75.9 Å². The smallest absolute Gasteiger partial charge is 0.382 e. The predicted octanol–water partition coefficient (Wildman–Crippen LogP) is 2.14. The van der Waals surface area contributed by atoms with Gasteiger partial charge < -0.3 is 15.3 Å². The Morgan fingerprint density at radius 2 is 1.90 bits per heavy atom. The average Bonchev–Trinajstić information content (AvgIpc) is 3.53. The molecule has 222 valence electrons. The van der Waals surface area contributed by atoms with Crippen molar-refractivity contribution in [3.8, 4) is 17.1 Å². The molecule has 0 aliphatic carbocycles. The van der Waals surface area contributed by atoms with E-state index in [2.05, 4.69) is 25.5 Å². The number of piperazine rings is 1. The number of halogens is 4. The maximum Gasteiger partial charge on any atom is 0.416 e. The maximum atomic E-state index is 13.5. The summed E-state index contributed by atoms with van der Waals surface area (Å²) in [4.78, 5) is 37.0. The molecule has 0 bridgehead atoms. The number of aliphatic hydroxyl groups is 1. The zero-order valence-corrected chi connectivity index (χ0v) is 23.3. The van der Waals surface area contributed by atoms with Crippen LogP contribution < -0.4 is 11.0 Å². The molecule has 4 heterocycles. The fraction of sp³-hybridized carbons (Fsp3) is 0.385. The molecule has 0 saturated carbocycles. The molecule has 12 nitrogen and oxygen atoms in total. The highest BCUT2D eigenvalue weighted by molar-refractivity contribution is 6.30. The summed E-state index contributed by atoms with van der Waals surface area (Å²) in [5.74, 6) is -0.274. The first-order valence-electron chi connectivity index (χ1n) is 12.9. The summed E-state index contributed by atoms with van der Waals surface area (Å²) in [6.07, 6.45) is -4.89. The van der Waals surface area contributed by atoms with Crippen molar-refractivity contribution in [1.29, 1.82) is 0 Å². The van der Waals surface area contributed by atoms with Crippen LogP contribution in [-0.2, 0) is 13.1 Å². The van der Waals surface area contributed by atoms with Crippen LogP contribution in [0.5, 0.6) is 0 Å². The van der Waals surface area contributed by atoms with Crippen LogP contribution in [0.25, 0.3) is 17.1 Å². The van der Waals surface area contributed by atoms with Crippen molar-refractivity contribution < 1.29 is 23.1 Å². The molecule has 2 N–H and O–H groups in total.